The number of aromatic nitrogens is 2. The molecule has 4 rings (SSSR count). The molecule has 0 fully saturated rings. The number of hydrogen-bond donors (Lipinski definition) is 0. The third-order valence-corrected chi connectivity index (χ3v) is 5.28. The van der Waals surface area contributed by atoms with Crippen LogP contribution in [0.15, 0.2) is 46.1 Å². The smallest absolute Gasteiger partial charge is 0.374 e. The monoisotopic (exact) mass is 455 g/mol. The summed E-state index contributed by atoms with van der Waals surface area (Å²) >= 11 is 11.9. The van der Waals surface area contributed by atoms with Crippen LogP contribution in [-0.2, 0) is 10.4 Å². The van der Waals surface area contributed by atoms with Crippen molar-refractivity contribution in [2.45, 2.75) is 32.0 Å². The molecule has 2 aromatic carbocycles. The fourth-order valence-electron chi connectivity index (χ4n) is 3.35. The molecular formula is C20H14Cl2F3N3O2. The van der Waals surface area contributed by atoms with Crippen molar-refractivity contribution >= 4 is 28.9 Å². The second kappa shape index (κ2) is 7.28. The summed E-state index contributed by atoms with van der Waals surface area (Å²) in [5.41, 5.74) is -0.765. The average Bonchev–Trinajstić information content (AvgIpc) is 3.28. The van der Waals surface area contributed by atoms with Gasteiger partial charge in [-0.25, -0.2) is 0 Å². The Kier molecular flexibility index (Phi) is 5.02. The van der Waals surface area contributed by atoms with Gasteiger partial charge in [0.25, 0.3) is 5.60 Å². The van der Waals surface area contributed by atoms with Gasteiger partial charge in [0.15, 0.2) is 0 Å². The minimum absolute atomic E-state index is 0.0776. The van der Waals surface area contributed by atoms with Gasteiger partial charge in [-0.05, 0) is 42.3 Å². The molecule has 30 heavy (non-hydrogen) atoms. The summed E-state index contributed by atoms with van der Waals surface area (Å²) < 4.78 is 47.3. The average molecular weight is 456 g/mol. The highest BCUT2D eigenvalue weighted by molar-refractivity contribution is 6.34. The number of alkyl halides is 3. The topological polar surface area (TPSA) is 60.5 Å². The lowest BCUT2D eigenvalue weighted by Gasteiger charge is -2.29. The van der Waals surface area contributed by atoms with Gasteiger partial charge >= 0.3 is 6.18 Å². The third-order valence-electron chi connectivity index (χ3n) is 4.84. The summed E-state index contributed by atoms with van der Waals surface area (Å²) in [6.07, 6.45) is -5.27. The molecule has 0 saturated heterocycles. The lowest BCUT2D eigenvalue weighted by Crippen LogP contribution is -2.42. The van der Waals surface area contributed by atoms with Crippen LogP contribution in [-0.4, -0.2) is 22.0 Å². The molecule has 10 heteroatoms. The van der Waals surface area contributed by atoms with Gasteiger partial charge in [-0.3, -0.25) is 0 Å². The van der Waals surface area contributed by atoms with Crippen LogP contribution in [0.2, 0.25) is 10.0 Å². The van der Waals surface area contributed by atoms with E-state index >= 15 is 0 Å². The largest absolute Gasteiger partial charge is 0.435 e. The van der Waals surface area contributed by atoms with E-state index in [1.165, 1.54) is 18.2 Å². The molecular weight excluding hydrogens is 442 g/mol. The molecule has 156 valence electrons. The molecule has 0 saturated carbocycles. The maximum Gasteiger partial charge on any atom is 0.435 e. The highest BCUT2D eigenvalue weighted by Crippen LogP contribution is 2.49. The second-order valence-corrected chi connectivity index (χ2v) is 7.83. The van der Waals surface area contributed by atoms with Gasteiger partial charge < -0.3 is 9.36 Å². The Labute approximate surface area is 179 Å². The second-order valence-electron chi connectivity index (χ2n) is 6.96. The molecule has 3 aromatic rings. The standard InChI is InChI=1S/C20H14Cl2F3N3O2/c1-10-5-12(3-4-16(10)18-26-11(2)29-28-18)17-9-19(30-27-17,20(23,24)25)13-6-14(21)8-15(22)7-13/h3-8H,9H2,1-2H3. The molecule has 0 radical (unpaired) electrons. The first kappa shape index (κ1) is 20.7. The molecule has 1 unspecified atom stereocenters. The molecule has 1 aliphatic heterocycles. The fraction of sp³-hybridized carbons (Fsp3) is 0.250. The highest BCUT2D eigenvalue weighted by Gasteiger charge is 2.62. The summed E-state index contributed by atoms with van der Waals surface area (Å²) in [6, 6.07) is 8.79. The predicted molar refractivity (Wildman–Crippen MR) is 106 cm³/mol. The highest BCUT2D eigenvalue weighted by atomic mass is 35.5. The van der Waals surface area contributed by atoms with Crippen LogP contribution in [0.5, 0.6) is 0 Å². The van der Waals surface area contributed by atoms with Crippen LogP contribution in [0.1, 0.15) is 29.0 Å². The molecule has 5 nitrogen and oxygen atoms in total. The van der Waals surface area contributed by atoms with E-state index < -0.39 is 18.2 Å². The van der Waals surface area contributed by atoms with Crippen LogP contribution < -0.4 is 0 Å². The zero-order chi connectivity index (χ0) is 21.7. The predicted octanol–water partition coefficient (Wildman–Crippen LogP) is 6.24. The van der Waals surface area contributed by atoms with Crippen LogP contribution in [0.4, 0.5) is 13.2 Å². The van der Waals surface area contributed by atoms with Crippen molar-refractivity contribution in [3.63, 3.8) is 0 Å². The Morgan fingerprint density at radius 1 is 1.03 bits per heavy atom. The Morgan fingerprint density at radius 3 is 2.30 bits per heavy atom. The SMILES string of the molecule is Cc1nc(-c2ccc(C3=NOC(c4cc(Cl)cc(Cl)c4)(C(F)(F)F)C3)cc2C)no1. The summed E-state index contributed by atoms with van der Waals surface area (Å²) in [6.45, 7) is 3.47. The fourth-order valence-corrected chi connectivity index (χ4v) is 3.87. The molecule has 1 atom stereocenters. The van der Waals surface area contributed by atoms with E-state index in [-0.39, 0.29) is 21.3 Å². The van der Waals surface area contributed by atoms with Crippen LogP contribution in [0, 0.1) is 13.8 Å². The van der Waals surface area contributed by atoms with E-state index in [4.69, 9.17) is 32.6 Å². The minimum Gasteiger partial charge on any atom is -0.374 e. The van der Waals surface area contributed by atoms with Crippen molar-refractivity contribution in [1.82, 2.24) is 10.1 Å². The summed E-state index contributed by atoms with van der Waals surface area (Å²) in [7, 11) is 0. The number of oxime groups is 1. The van der Waals surface area contributed by atoms with E-state index in [2.05, 4.69) is 15.3 Å². The Bertz CT molecular complexity index is 1140. The number of halogens is 5. The molecule has 1 aliphatic rings. The minimum atomic E-state index is -4.75. The van der Waals surface area contributed by atoms with Crippen molar-refractivity contribution in [2.24, 2.45) is 5.16 Å². The molecule has 2 heterocycles. The number of nitrogens with zero attached hydrogens (tertiary/aromatic N) is 3. The third kappa shape index (κ3) is 3.54. The summed E-state index contributed by atoms with van der Waals surface area (Å²) in [4.78, 5) is 9.21. The maximum atomic E-state index is 14.1. The normalized spacial score (nSPS) is 19.0. The molecule has 0 N–H and O–H groups in total. The van der Waals surface area contributed by atoms with E-state index in [1.54, 1.807) is 32.0 Å². The first-order valence-electron chi connectivity index (χ1n) is 8.79. The van der Waals surface area contributed by atoms with Gasteiger partial charge in [-0.2, -0.15) is 18.2 Å². The Balaban J connectivity index is 1.70. The van der Waals surface area contributed by atoms with Crippen LogP contribution in [0.25, 0.3) is 11.4 Å². The van der Waals surface area contributed by atoms with E-state index in [0.29, 0.717) is 22.8 Å². The molecule has 1 aromatic heterocycles. The number of benzene rings is 2. The van der Waals surface area contributed by atoms with Gasteiger partial charge in [-0.1, -0.05) is 45.6 Å². The Morgan fingerprint density at radius 2 is 1.73 bits per heavy atom. The summed E-state index contributed by atoms with van der Waals surface area (Å²) in [5.74, 6) is 0.816. The first-order valence-corrected chi connectivity index (χ1v) is 9.55. The van der Waals surface area contributed by atoms with E-state index in [1.807, 2.05) is 0 Å². The molecule has 0 spiro atoms. The van der Waals surface area contributed by atoms with Crippen molar-refractivity contribution < 1.29 is 22.5 Å². The van der Waals surface area contributed by atoms with Gasteiger partial charge in [-0.15, -0.1) is 0 Å². The number of hydrogen-bond acceptors (Lipinski definition) is 5. The van der Waals surface area contributed by atoms with Crippen molar-refractivity contribution in [1.29, 1.82) is 0 Å². The van der Waals surface area contributed by atoms with E-state index in [0.717, 1.165) is 5.56 Å². The number of aryl methyl sites for hydroxylation is 2. The Hall–Kier alpha value is -2.58. The van der Waals surface area contributed by atoms with Gasteiger partial charge in [0.2, 0.25) is 11.7 Å². The van der Waals surface area contributed by atoms with Gasteiger partial charge in [0.1, 0.15) is 0 Å². The zero-order valence-electron chi connectivity index (χ0n) is 15.7. The zero-order valence-corrected chi connectivity index (χ0v) is 17.2. The van der Waals surface area contributed by atoms with Gasteiger partial charge in [0, 0.05) is 34.5 Å². The molecule has 0 bridgehead atoms. The van der Waals surface area contributed by atoms with E-state index in [9.17, 15) is 13.2 Å². The maximum absolute atomic E-state index is 14.1. The van der Waals surface area contributed by atoms with Crippen LogP contribution >= 0.6 is 23.2 Å². The van der Waals surface area contributed by atoms with Crippen molar-refractivity contribution in [2.75, 3.05) is 0 Å². The lowest BCUT2D eigenvalue weighted by atomic mass is 9.86. The first-order chi connectivity index (χ1) is 14.1. The van der Waals surface area contributed by atoms with Crippen molar-refractivity contribution in [3.8, 4) is 11.4 Å². The van der Waals surface area contributed by atoms with Gasteiger partial charge in [0.05, 0.1) is 5.71 Å². The quantitative estimate of drug-likeness (QED) is 0.468. The molecule has 0 aliphatic carbocycles. The lowest BCUT2D eigenvalue weighted by molar-refractivity contribution is -0.275. The number of rotatable bonds is 3. The van der Waals surface area contributed by atoms with Crippen molar-refractivity contribution in [3.05, 3.63) is 69.0 Å². The molecule has 0 amide bonds. The van der Waals surface area contributed by atoms with Crippen LogP contribution in [0.3, 0.4) is 0 Å². The summed E-state index contributed by atoms with van der Waals surface area (Å²) in [5, 5.41) is 7.80.